The average Bonchev–Trinajstić information content (AvgIpc) is 2.64. The third-order valence-corrected chi connectivity index (χ3v) is 4.24. The lowest BCUT2D eigenvalue weighted by molar-refractivity contribution is -0.134. The Morgan fingerprint density at radius 3 is 2.42 bits per heavy atom. The van der Waals surface area contributed by atoms with Crippen LogP contribution in [0.1, 0.15) is 25.0 Å². The minimum atomic E-state index is -0.339. The highest BCUT2D eigenvalue weighted by Crippen LogP contribution is 2.10. The Labute approximate surface area is 154 Å². The van der Waals surface area contributed by atoms with E-state index in [4.69, 9.17) is 0 Å². The highest BCUT2D eigenvalue weighted by atomic mass is 19.1. The average molecular weight is 356 g/mol. The Morgan fingerprint density at radius 1 is 1.08 bits per heavy atom. The number of rotatable bonds is 8. The zero-order valence-electron chi connectivity index (χ0n) is 15.2. The Balaban J connectivity index is 1.83. The molecule has 2 amide bonds. The van der Waals surface area contributed by atoms with E-state index in [1.165, 1.54) is 12.1 Å². The Morgan fingerprint density at radius 2 is 1.77 bits per heavy atom. The molecule has 0 aromatic heterocycles. The first-order chi connectivity index (χ1) is 12.5. The number of benzene rings is 2. The molecule has 0 spiro atoms. The van der Waals surface area contributed by atoms with Gasteiger partial charge < -0.3 is 10.2 Å². The molecule has 0 fully saturated rings. The maximum atomic E-state index is 13.2. The summed E-state index contributed by atoms with van der Waals surface area (Å²) in [5.74, 6) is -0.986. The van der Waals surface area contributed by atoms with Crippen LogP contribution in [0.2, 0.25) is 0 Å². The van der Waals surface area contributed by atoms with Crippen LogP contribution in [0.5, 0.6) is 0 Å². The van der Waals surface area contributed by atoms with Gasteiger partial charge in [-0.2, -0.15) is 0 Å². The normalized spacial score (nSPS) is 11.7. The van der Waals surface area contributed by atoms with E-state index >= 15 is 0 Å². The van der Waals surface area contributed by atoms with E-state index in [2.05, 4.69) is 5.32 Å². The van der Waals surface area contributed by atoms with Crippen molar-refractivity contribution in [3.63, 3.8) is 0 Å². The molecule has 2 aromatic rings. The van der Waals surface area contributed by atoms with Crippen LogP contribution < -0.4 is 5.32 Å². The molecule has 2 aromatic carbocycles. The Hall–Kier alpha value is -2.69. The van der Waals surface area contributed by atoms with Crippen LogP contribution in [0.15, 0.2) is 54.6 Å². The number of hydrogen-bond acceptors (Lipinski definition) is 2. The summed E-state index contributed by atoms with van der Waals surface area (Å²) < 4.78 is 13.2. The maximum Gasteiger partial charge on any atom is 0.242 e. The predicted octanol–water partition coefficient (Wildman–Crippen LogP) is 3.17. The van der Waals surface area contributed by atoms with Gasteiger partial charge in [-0.25, -0.2) is 4.39 Å². The van der Waals surface area contributed by atoms with Crippen molar-refractivity contribution in [2.24, 2.45) is 5.92 Å². The number of hydrogen-bond donors (Lipinski definition) is 1. The lowest BCUT2D eigenvalue weighted by Crippen LogP contribution is -2.41. The highest BCUT2D eigenvalue weighted by Gasteiger charge is 2.17. The summed E-state index contributed by atoms with van der Waals surface area (Å²) in [6.45, 7) is 4.74. The van der Waals surface area contributed by atoms with Crippen LogP contribution in [0.25, 0.3) is 0 Å². The first kappa shape index (κ1) is 19.6. The number of amides is 2. The third kappa shape index (κ3) is 5.99. The van der Waals surface area contributed by atoms with Gasteiger partial charge in [0.05, 0.1) is 6.54 Å². The zero-order valence-corrected chi connectivity index (χ0v) is 15.2. The van der Waals surface area contributed by atoms with Gasteiger partial charge in [0.2, 0.25) is 11.8 Å². The number of nitrogens with zero attached hydrogens (tertiary/aromatic N) is 1. The summed E-state index contributed by atoms with van der Waals surface area (Å²) in [5, 5.41) is 2.69. The molecule has 138 valence electrons. The lowest BCUT2D eigenvalue weighted by atomic mass is 10.0. The van der Waals surface area contributed by atoms with Gasteiger partial charge in [0, 0.05) is 19.0 Å². The van der Waals surface area contributed by atoms with Crippen molar-refractivity contribution in [3.05, 3.63) is 71.5 Å². The summed E-state index contributed by atoms with van der Waals surface area (Å²) in [6.07, 6.45) is 0.430. The molecular formula is C21H25FN2O2. The molecule has 1 unspecified atom stereocenters. The number of nitrogens with one attached hydrogen (secondary N) is 1. The smallest absolute Gasteiger partial charge is 0.242 e. The first-order valence-corrected chi connectivity index (χ1v) is 8.83. The summed E-state index contributed by atoms with van der Waals surface area (Å²) in [6, 6.07) is 15.9. The minimum absolute atomic E-state index is 0.0347. The molecule has 0 aliphatic heterocycles. The fraction of sp³-hybridized carbons (Fsp3) is 0.333. The SMILES string of the molecule is CCN(Cc1ccccc1)C(=O)CNC(=O)C(C)Cc1cccc(F)c1. The largest absolute Gasteiger partial charge is 0.347 e. The minimum Gasteiger partial charge on any atom is -0.347 e. The molecule has 0 saturated carbocycles. The maximum absolute atomic E-state index is 13.2. The van der Waals surface area contributed by atoms with Gasteiger partial charge in [-0.1, -0.05) is 49.4 Å². The first-order valence-electron chi connectivity index (χ1n) is 8.83. The van der Waals surface area contributed by atoms with Gasteiger partial charge in [0.15, 0.2) is 0 Å². The van der Waals surface area contributed by atoms with Crippen molar-refractivity contribution in [1.29, 1.82) is 0 Å². The number of halogens is 1. The zero-order chi connectivity index (χ0) is 18.9. The van der Waals surface area contributed by atoms with Gasteiger partial charge in [-0.15, -0.1) is 0 Å². The molecule has 0 heterocycles. The van der Waals surface area contributed by atoms with Crippen molar-refractivity contribution in [1.82, 2.24) is 10.2 Å². The molecule has 0 aliphatic rings. The highest BCUT2D eigenvalue weighted by molar-refractivity contribution is 5.85. The molecule has 2 rings (SSSR count). The summed E-state index contributed by atoms with van der Waals surface area (Å²) in [5.41, 5.74) is 1.81. The standard InChI is InChI=1S/C21H25FN2O2/c1-3-24(15-17-8-5-4-6-9-17)20(25)14-23-21(26)16(2)12-18-10-7-11-19(22)13-18/h4-11,13,16H,3,12,14-15H2,1-2H3,(H,23,26). The predicted molar refractivity (Wildman–Crippen MR) is 99.8 cm³/mol. The monoisotopic (exact) mass is 356 g/mol. The second-order valence-corrected chi connectivity index (χ2v) is 6.35. The number of carbonyl (C=O) groups excluding carboxylic acids is 2. The van der Waals surface area contributed by atoms with Gasteiger partial charge in [-0.3, -0.25) is 9.59 Å². The Kier molecular flexibility index (Phi) is 7.33. The number of carbonyl (C=O) groups is 2. The second-order valence-electron chi connectivity index (χ2n) is 6.35. The summed E-state index contributed by atoms with van der Waals surface area (Å²) in [7, 11) is 0. The molecule has 26 heavy (non-hydrogen) atoms. The van der Waals surface area contributed by atoms with Crippen LogP contribution in [0.4, 0.5) is 4.39 Å². The van der Waals surface area contributed by atoms with Gasteiger partial charge in [-0.05, 0) is 36.6 Å². The quantitative estimate of drug-likeness (QED) is 0.790. The van der Waals surface area contributed by atoms with E-state index < -0.39 is 0 Å². The van der Waals surface area contributed by atoms with Crippen LogP contribution in [0.3, 0.4) is 0 Å². The third-order valence-electron chi connectivity index (χ3n) is 4.24. The van der Waals surface area contributed by atoms with Gasteiger partial charge in [0.25, 0.3) is 0 Å². The molecule has 0 saturated heterocycles. The molecular weight excluding hydrogens is 331 g/mol. The molecule has 1 N–H and O–H groups in total. The lowest BCUT2D eigenvalue weighted by Gasteiger charge is -2.22. The number of likely N-dealkylation sites (N-methyl/N-ethyl adjacent to an activating group) is 1. The van der Waals surface area contributed by atoms with Crippen LogP contribution >= 0.6 is 0 Å². The van der Waals surface area contributed by atoms with Crippen LogP contribution in [-0.4, -0.2) is 29.8 Å². The van der Waals surface area contributed by atoms with Crippen molar-refractivity contribution in [2.45, 2.75) is 26.8 Å². The van der Waals surface area contributed by atoms with E-state index in [0.29, 0.717) is 19.5 Å². The molecule has 0 aliphatic carbocycles. The van der Waals surface area contributed by atoms with Gasteiger partial charge in [0.1, 0.15) is 5.82 Å². The van der Waals surface area contributed by atoms with Crippen molar-refractivity contribution in [3.8, 4) is 0 Å². The fourth-order valence-electron chi connectivity index (χ4n) is 2.74. The molecule has 5 heteroatoms. The molecule has 4 nitrogen and oxygen atoms in total. The van der Waals surface area contributed by atoms with Crippen molar-refractivity contribution < 1.29 is 14.0 Å². The van der Waals surface area contributed by atoms with E-state index in [1.54, 1.807) is 24.0 Å². The van der Waals surface area contributed by atoms with Gasteiger partial charge >= 0.3 is 0 Å². The summed E-state index contributed by atoms with van der Waals surface area (Å²) >= 11 is 0. The van der Waals surface area contributed by atoms with E-state index in [-0.39, 0.29) is 30.1 Å². The topological polar surface area (TPSA) is 49.4 Å². The van der Waals surface area contributed by atoms with Crippen molar-refractivity contribution >= 4 is 11.8 Å². The van der Waals surface area contributed by atoms with E-state index in [9.17, 15) is 14.0 Å². The molecule has 0 bridgehead atoms. The fourth-order valence-corrected chi connectivity index (χ4v) is 2.74. The Bertz CT molecular complexity index is 734. The second kappa shape index (κ2) is 9.70. The molecule has 1 atom stereocenters. The molecule has 0 radical (unpaired) electrons. The van der Waals surface area contributed by atoms with E-state index in [1.807, 2.05) is 37.3 Å². The van der Waals surface area contributed by atoms with Crippen LogP contribution in [-0.2, 0) is 22.6 Å². The van der Waals surface area contributed by atoms with Crippen molar-refractivity contribution in [2.75, 3.05) is 13.1 Å². The van der Waals surface area contributed by atoms with E-state index in [0.717, 1.165) is 11.1 Å². The van der Waals surface area contributed by atoms with Crippen LogP contribution in [0, 0.1) is 11.7 Å². The summed E-state index contributed by atoms with van der Waals surface area (Å²) in [4.78, 5) is 26.3.